The van der Waals surface area contributed by atoms with E-state index in [1.54, 1.807) is 12.0 Å². The predicted molar refractivity (Wildman–Crippen MR) is 70.0 cm³/mol. The minimum absolute atomic E-state index is 0.00311. The van der Waals surface area contributed by atoms with Crippen molar-refractivity contribution in [2.75, 3.05) is 20.7 Å². The standard InChI is InChI=1S/C14H21NO3/c1-5-17-14(16)10-12-6-8-13(9-7-12)11(2)18-15(3)4/h6-9,11H,5,10H2,1-4H3. The average molecular weight is 251 g/mol. The van der Waals surface area contributed by atoms with Crippen molar-refractivity contribution >= 4 is 5.97 Å². The summed E-state index contributed by atoms with van der Waals surface area (Å²) in [6.07, 6.45) is 0.313. The van der Waals surface area contributed by atoms with Gasteiger partial charge in [0.05, 0.1) is 13.0 Å². The fourth-order valence-corrected chi connectivity index (χ4v) is 1.66. The number of nitrogens with zero attached hydrogens (tertiary/aromatic N) is 1. The molecule has 18 heavy (non-hydrogen) atoms. The van der Waals surface area contributed by atoms with Gasteiger partial charge < -0.3 is 4.74 Å². The second-order valence-electron chi connectivity index (χ2n) is 4.28. The molecule has 0 aromatic heterocycles. The quantitative estimate of drug-likeness (QED) is 0.574. The van der Waals surface area contributed by atoms with Gasteiger partial charge in [-0.2, -0.15) is 5.06 Å². The van der Waals surface area contributed by atoms with Crippen molar-refractivity contribution in [3.05, 3.63) is 35.4 Å². The number of ether oxygens (including phenoxy) is 1. The van der Waals surface area contributed by atoms with E-state index in [0.29, 0.717) is 13.0 Å². The van der Waals surface area contributed by atoms with Crippen LogP contribution >= 0.6 is 0 Å². The Morgan fingerprint density at radius 2 is 1.89 bits per heavy atom. The lowest BCUT2D eigenvalue weighted by molar-refractivity contribution is -0.160. The molecule has 0 bridgehead atoms. The van der Waals surface area contributed by atoms with Crippen molar-refractivity contribution in [2.45, 2.75) is 26.4 Å². The van der Waals surface area contributed by atoms with Gasteiger partial charge in [0.2, 0.25) is 0 Å². The van der Waals surface area contributed by atoms with Crippen LogP contribution in [0.5, 0.6) is 0 Å². The van der Waals surface area contributed by atoms with Crippen molar-refractivity contribution in [1.82, 2.24) is 5.06 Å². The van der Waals surface area contributed by atoms with Gasteiger partial charge in [-0.1, -0.05) is 24.3 Å². The van der Waals surface area contributed by atoms with E-state index in [2.05, 4.69) is 0 Å². The molecule has 0 saturated heterocycles. The number of benzene rings is 1. The molecule has 0 aliphatic carbocycles. The van der Waals surface area contributed by atoms with Crippen molar-refractivity contribution < 1.29 is 14.4 Å². The fourth-order valence-electron chi connectivity index (χ4n) is 1.66. The molecule has 1 atom stereocenters. The molecule has 1 aromatic carbocycles. The monoisotopic (exact) mass is 251 g/mol. The molecule has 0 saturated carbocycles. The first-order chi connectivity index (χ1) is 8.52. The number of hydrogen-bond donors (Lipinski definition) is 0. The van der Waals surface area contributed by atoms with Gasteiger partial charge in [0.25, 0.3) is 0 Å². The first kappa shape index (κ1) is 14.7. The molecule has 0 amide bonds. The van der Waals surface area contributed by atoms with Gasteiger partial charge >= 0.3 is 5.97 Å². The Bertz CT molecular complexity index is 373. The summed E-state index contributed by atoms with van der Waals surface area (Å²) in [7, 11) is 3.71. The van der Waals surface area contributed by atoms with Gasteiger partial charge in [-0.25, -0.2) is 0 Å². The van der Waals surface area contributed by atoms with Crippen molar-refractivity contribution in [3.8, 4) is 0 Å². The second kappa shape index (κ2) is 7.13. The van der Waals surface area contributed by atoms with E-state index in [1.165, 1.54) is 0 Å². The van der Waals surface area contributed by atoms with Crippen LogP contribution in [0, 0.1) is 0 Å². The molecule has 0 N–H and O–H groups in total. The number of hydroxylamine groups is 2. The highest BCUT2D eigenvalue weighted by Crippen LogP contribution is 2.18. The number of esters is 1. The lowest BCUT2D eigenvalue weighted by Gasteiger charge is -2.18. The van der Waals surface area contributed by atoms with Gasteiger partial charge in [-0.3, -0.25) is 9.63 Å². The highest BCUT2D eigenvalue weighted by molar-refractivity contribution is 5.72. The van der Waals surface area contributed by atoms with E-state index < -0.39 is 0 Å². The van der Waals surface area contributed by atoms with Gasteiger partial charge in [0.15, 0.2) is 0 Å². The van der Waals surface area contributed by atoms with Crippen molar-refractivity contribution in [3.63, 3.8) is 0 Å². The minimum atomic E-state index is -0.192. The van der Waals surface area contributed by atoms with Crippen LogP contribution in [-0.4, -0.2) is 31.7 Å². The molecule has 0 radical (unpaired) electrons. The third kappa shape index (κ3) is 4.85. The summed E-state index contributed by atoms with van der Waals surface area (Å²) in [6, 6.07) is 7.81. The SMILES string of the molecule is CCOC(=O)Cc1ccc(C(C)ON(C)C)cc1. The number of carbonyl (C=O) groups is 1. The smallest absolute Gasteiger partial charge is 0.310 e. The van der Waals surface area contributed by atoms with Crippen molar-refractivity contribution in [1.29, 1.82) is 0 Å². The average Bonchev–Trinajstić information content (AvgIpc) is 2.29. The zero-order valence-electron chi connectivity index (χ0n) is 11.5. The molecule has 1 rings (SSSR count). The van der Waals surface area contributed by atoms with Crippen LogP contribution in [0.4, 0.5) is 0 Å². The Morgan fingerprint density at radius 3 is 2.39 bits per heavy atom. The van der Waals surface area contributed by atoms with E-state index in [4.69, 9.17) is 9.57 Å². The summed E-state index contributed by atoms with van der Waals surface area (Å²) in [6.45, 7) is 4.21. The lowest BCUT2D eigenvalue weighted by atomic mass is 10.1. The van der Waals surface area contributed by atoms with Crippen LogP contribution in [0.15, 0.2) is 24.3 Å². The van der Waals surface area contributed by atoms with E-state index >= 15 is 0 Å². The molecule has 100 valence electrons. The highest BCUT2D eigenvalue weighted by Gasteiger charge is 2.08. The summed E-state index contributed by atoms with van der Waals surface area (Å²) in [4.78, 5) is 16.9. The normalized spacial score (nSPS) is 12.5. The Labute approximate surface area is 108 Å². The molecular weight excluding hydrogens is 230 g/mol. The fraction of sp³-hybridized carbons (Fsp3) is 0.500. The Hall–Kier alpha value is -1.39. The summed E-state index contributed by atoms with van der Waals surface area (Å²) in [5, 5.41) is 1.68. The second-order valence-corrected chi connectivity index (χ2v) is 4.28. The maximum Gasteiger partial charge on any atom is 0.310 e. The molecule has 0 aliphatic heterocycles. The maximum absolute atomic E-state index is 11.3. The molecule has 0 fully saturated rings. The molecule has 4 heteroatoms. The number of carbonyl (C=O) groups excluding carboxylic acids is 1. The molecular formula is C14H21NO3. The third-order valence-electron chi connectivity index (χ3n) is 2.47. The van der Waals surface area contributed by atoms with Crippen LogP contribution in [0.1, 0.15) is 31.1 Å². The minimum Gasteiger partial charge on any atom is -0.466 e. The number of rotatable bonds is 6. The van der Waals surface area contributed by atoms with E-state index in [0.717, 1.165) is 11.1 Å². The largest absolute Gasteiger partial charge is 0.466 e. The van der Waals surface area contributed by atoms with E-state index in [9.17, 15) is 4.79 Å². The van der Waals surface area contributed by atoms with Crippen LogP contribution in [0.3, 0.4) is 0 Å². The molecule has 0 aliphatic rings. The molecule has 1 aromatic rings. The van der Waals surface area contributed by atoms with Gasteiger partial charge in [-0.15, -0.1) is 0 Å². The third-order valence-corrected chi connectivity index (χ3v) is 2.47. The van der Waals surface area contributed by atoms with E-state index in [-0.39, 0.29) is 12.1 Å². The van der Waals surface area contributed by atoms with E-state index in [1.807, 2.05) is 45.3 Å². The molecule has 0 spiro atoms. The Kier molecular flexibility index (Phi) is 5.82. The maximum atomic E-state index is 11.3. The van der Waals surface area contributed by atoms with Crippen LogP contribution in [-0.2, 0) is 20.8 Å². The predicted octanol–water partition coefficient (Wildman–Crippen LogP) is 2.35. The molecule has 1 unspecified atom stereocenters. The number of hydrogen-bond acceptors (Lipinski definition) is 4. The summed E-state index contributed by atoms with van der Waals surface area (Å²) >= 11 is 0. The first-order valence-electron chi connectivity index (χ1n) is 6.11. The van der Waals surface area contributed by atoms with Crippen LogP contribution in [0.2, 0.25) is 0 Å². The summed E-state index contributed by atoms with van der Waals surface area (Å²) < 4.78 is 4.91. The van der Waals surface area contributed by atoms with Crippen LogP contribution < -0.4 is 0 Å². The Morgan fingerprint density at radius 1 is 1.28 bits per heavy atom. The molecule has 4 nitrogen and oxygen atoms in total. The highest BCUT2D eigenvalue weighted by atomic mass is 16.7. The topological polar surface area (TPSA) is 38.8 Å². The zero-order chi connectivity index (χ0) is 13.5. The first-order valence-corrected chi connectivity index (χ1v) is 6.11. The van der Waals surface area contributed by atoms with Gasteiger partial charge in [0.1, 0.15) is 6.10 Å². The van der Waals surface area contributed by atoms with Crippen molar-refractivity contribution in [2.24, 2.45) is 0 Å². The van der Waals surface area contributed by atoms with Crippen LogP contribution in [0.25, 0.3) is 0 Å². The summed E-state index contributed by atoms with van der Waals surface area (Å²) in [5.74, 6) is -0.192. The summed E-state index contributed by atoms with van der Waals surface area (Å²) in [5.41, 5.74) is 2.03. The Balaban J connectivity index is 2.59. The van der Waals surface area contributed by atoms with Gasteiger partial charge in [-0.05, 0) is 25.0 Å². The zero-order valence-corrected chi connectivity index (χ0v) is 11.5. The lowest BCUT2D eigenvalue weighted by Crippen LogP contribution is -2.15. The van der Waals surface area contributed by atoms with Gasteiger partial charge in [0, 0.05) is 14.1 Å². The molecule has 0 heterocycles.